The Morgan fingerprint density at radius 2 is 1.61 bits per heavy atom. The molecule has 0 aliphatic heterocycles. The summed E-state index contributed by atoms with van der Waals surface area (Å²) >= 11 is 0. The third kappa shape index (κ3) is 3.92. The van der Waals surface area contributed by atoms with Gasteiger partial charge >= 0.3 is 5.97 Å². The number of esters is 1. The minimum absolute atomic E-state index is 0.214. The maximum absolute atomic E-state index is 12.7. The Morgan fingerprint density at radius 3 is 2.07 bits per heavy atom. The maximum Gasteiger partial charge on any atom is 0.309 e. The molecule has 28 heavy (non-hydrogen) atoms. The molecule has 5 atom stereocenters. The van der Waals surface area contributed by atoms with Gasteiger partial charge in [0.2, 0.25) is 6.04 Å². The molecule has 2 aromatic carbocycles. The first kappa shape index (κ1) is 20.0. The predicted molar refractivity (Wildman–Crippen MR) is 104 cm³/mol. The Bertz CT molecular complexity index is 795. The average Bonchev–Trinajstić information content (AvgIpc) is 2.73. The fourth-order valence-corrected chi connectivity index (χ4v) is 4.55. The highest BCUT2D eigenvalue weighted by atomic mass is 16.6. The van der Waals surface area contributed by atoms with Crippen LogP contribution in [0.2, 0.25) is 0 Å². The molecule has 0 amide bonds. The van der Waals surface area contributed by atoms with E-state index in [-0.39, 0.29) is 18.1 Å². The topological polar surface area (TPSA) is 89.7 Å². The van der Waals surface area contributed by atoms with Crippen LogP contribution in [0.25, 0.3) is 0 Å². The number of aliphatic hydroxyl groups excluding tert-OH is 1. The number of nitrogens with zero attached hydrogens (tertiary/aromatic N) is 1. The highest BCUT2D eigenvalue weighted by Gasteiger charge is 2.54. The van der Waals surface area contributed by atoms with Crippen molar-refractivity contribution in [3.8, 4) is 0 Å². The van der Waals surface area contributed by atoms with Crippen molar-refractivity contribution in [3.05, 3.63) is 81.9 Å². The van der Waals surface area contributed by atoms with E-state index in [1.807, 2.05) is 60.7 Å². The number of hydrogen-bond donors (Lipinski definition) is 1. The van der Waals surface area contributed by atoms with Crippen LogP contribution in [0.5, 0.6) is 0 Å². The van der Waals surface area contributed by atoms with Gasteiger partial charge in [0.15, 0.2) is 0 Å². The molecule has 0 spiro atoms. The minimum Gasteiger partial charge on any atom is -0.466 e. The number of nitro groups is 1. The van der Waals surface area contributed by atoms with Gasteiger partial charge in [0.1, 0.15) is 0 Å². The van der Waals surface area contributed by atoms with Gasteiger partial charge in [-0.1, -0.05) is 60.7 Å². The Morgan fingerprint density at radius 1 is 1.07 bits per heavy atom. The van der Waals surface area contributed by atoms with Gasteiger partial charge in [-0.15, -0.1) is 0 Å². The Hall–Kier alpha value is -2.73. The van der Waals surface area contributed by atoms with Gasteiger partial charge in [-0.3, -0.25) is 14.9 Å². The molecule has 0 radical (unpaired) electrons. The van der Waals surface area contributed by atoms with Crippen LogP contribution in [0, 0.1) is 22.0 Å². The first-order valence-electron chi connectivity index (χ1n) is 9.59. The number of ether oxygens (including phenoxy) is 1. The van der Waals surface area contributed by atoms with Gasteiger partial charge in [-0.25, -0.2) is 0 Å². The molecule has 0 unspecified atom stereocenters. The van der Waals surface area contributed by atoms with Crippen molar-refractivity contribution in [1.29, 1.82) is 0 Å². The van der Waals surface area contributed by atoms with Crippen LogP contribution in [-0.4, -0.2) is 35.3 Å². The van der Waals surface area contributed by atoms with E-state index in [2.05, 4.69) is 0 Å². The molecule has 0 bridgehead atoms. The zero-order valence-electron chi connectivity index (χ0n) is 15.8. The molecular weight excluding hydrogens is 358 g/mol. The SMILES string of the molecule is CCOC(=O)[C@@H]1C[C@H](CO)[C@@H](c2ccccc2)[C@H]([N+](=O)[O-])[C@H]1c1ccccc1. The number of carbonyl (C=O) groups excluding carboxylic acids is 1. The molecule has 0 aromatic heterocycles. The van der Waals surface area contributed by atoms with Crippen LogP contribution >= 0.6 is 0 Å². The van der Waals surface area contributed by atoms with Crippen LogP contribution in [0.4, 0.5) is 0 Å². The van der Waals surface area contributed by atoms with E-state index >= 15 is 0 Å². The molecule has 6 nitrogen and oxygen atoms in total. The monoisotopic (exact) mass is 383 g/mol. The van der Waals surface area contributed by atoms with E-state index < -0.39 is 35.7 Å². The summed E-state index contributed by atoms with van der Waals surface area (Å²) < 4.78 is 5.25. The predicted octanol–water partition coefficient (Wildman–Crippen LogP) is 3.39. The normalized spacial score (nSPS) is 27.1. The zero-order chi connectivity index (χ0) is 20.1. The smallest absolute Gasteiger partial charge is 0.309 e. The van der Waals surface area contributed by atoms with E-state index in [4.69, 9.17) is 4.74 Å². The molecule has 1 aliphatic rings. The van der Waals surface area contributed by atoms with Crippen molar-refractivity contribution in [2.45, 2.75) is 31.2 Å². The molecule has 1 saturated carbocycles. The lowest BCUT2D eigenvalue weighted by molar-refractivity contribution is -0.537. The second kappa shape index (κ2) is 8.97. The number of benzene rings is 2. The Labute approximate surface area is 164 Å². The summed E-state index contributed by atoms with van der Waals surface area (Å²) in [4.78, 5) is 24.7. The molecule has 1 fully saturated rings. The molecule has 6 heteroatoms. The highest BCUT2D eigenvalue weighted by molar-refractivity contribution is 5.74. The van der Waals surface area contributed by atoms with Crippen LogP contribution < -0.4 is 0 Å². The van der Waals surface area contributed by atoms with Crippen molar-refractivity contribution in [2.24, 2.45) is 11.8 Å². The molecule has 0 saturated heterocycles. The van der Waals surface area contributed by atoms with Crippen molar-refractivity contribution in [3.63, 3.8) is 0 Å². The standard InChI is InChI=1S/C22H25NO5/c1-2-28-22(25)18-13-17(14-24)19(15-9-5-3-6-10-15)21(23(26)27)20(18)16-11-7-4-8-12-16/h3-12,17-21,24H,2,13-14H2,1H3/t17-,18-,19-,20+,21+/m1/s1. The second-order valence-electron chi connectivity index (χ2n) is 7.19. The van der Waals surface area contributed by atoms with Crippen molar-refractivity contribution < 1.29 is 19.6 Å². The van der Waals surface area contributed by atoms with Crippen molar-refractivity contribution >= 4 is 5.97 Å². The first-order chi connectivity index (χ1) is 13.6. The number of carbonyl (C=O) groups is 1. The van der Waals surface area contributed by atoms with E-state index in [0.717, 1.165) is 11.1 Å². The average molecular weight is 383 g/mol. The summed E-state index contributed by atoms with van der Waals surface area (Å²) in [7, 11) is 0. The molecule has 3 rings (SSSR count). The number of rotatable bonds is 6. The summed E-state index contributed by atoms with van der Waals surface area (Å²) in [6.45, 7) is 1.72. The Balaban J connectivity index is 2.13. The fraction of sp³-hybridized carbons (Fsp3) is 0.409. The molecule has 148 valence electrons. The van der Waals surface area contributed by atoms with Crippen LogP contribution in [0.1, 0.15) is 36.3 Å². The van der Waals surface area contributed by atoms with E-state index in [1.165, 1.54) is 0 Å². The second-order valence-corrected chi connectivity index (χ2v) is 7.19. The fourth-order valence-electron chi connectivity index (χ4n) is 4.55. The van der Waals surface area contributed by atoms with Gasteiger partial charge in [0, 0.05) is 11.5 Å². The maximum atomic E-state index is 12.7. The third-order valence-electron chi connectivity index (χ3n) is 5.67. The largest absolute Gasteiger partial charge is 0.466 e. The lowest BCUT2D eigenvalue weighted by Gasteiger charge is -2.41. The van der Waals surface area contributed by atoms with Gasteiger partial charge in [-0.2, -0.15) is 0 Å². The molecular formula is C22H25NO5. The number of hydrogen-bond acceptors (Lipinski definition) is 5. The lowest BCUT2D eigenvalue weighted by atomic mass is 9.61. The van der Waals surface area contributed by atoms with E-state index in [1.54, 1.807) is 6.92 Å². The van der Waals surface area contributed by atoms with Crippen molar-refractivity contribution in [2.75, 3.05) is 13.2 Å². The summed E-state index contributed by atoms with van der Waals surface area (Å²) in [5.74, 6) is -2.62. The zero-order valence-corrected chi connectivity index (χ0v) is 15.8. The quantitative estimate of drug-likeness (QED) is 0.469. The molecule has 2 aromatic rings. The van der Waals surface area contributed by atoms with Crippen LogP contribution in [-0.2, 0) is 9.53 Å². The third-order valence-corrected chi connectivity index (χ3v) is 5.67. The lowest BCUT2D eigenvalue weighted by Crippen LogP contribution is -2.49. The van der Waals surface area contributed by atoms with E-state index in [0.29, 0.717) is 6.42 Å². The summed E-state index contributed by atoms with van der Waals surface area (Å²) in [6, 6.07) is 17.4. The van der Waals surface area contributed by atoms with Crippen LogP contribution in [0.3, 0.4) is 0 Å². The van der Waals surface area contributed by atoms with Gasteiger partial charge in [-0.05, 0) is 30.4 Å². The van der Waals surface area contributed by atoms with Gasteiger partial charge in [0.05, 0.1) is 24.4 Å². The summed E-state index contributed by atoms with van der Waals surface area (Å²) in [6.07, 6.45) is 0.346. The van der Waals surface area contributed by atoms with Gasteiger partial charge < -0.3 is 9.84 Å². The Kier molecular flexibility index (Phi) is 6.41. The molecule has 1 N–H and O–H groups in total. The molecule has 1 aliphatic carbocycles. The summed E-state index contributed by atoms with van der Waals surface area (Å²) in [5, 5.41) is 22.3. The number of aliphatic hydroxyl groups is 1. The highest BCUT2D eigenvalue weighted by Crippen LogP contribution is 2.49. The summed E-state index contributed by atoms with van der Waals surface area (Å²) in [5.41, 5.74) is 1.56. The van der Waals surface area contributed by atoms with Crippen molar-refractivity contribution in [1.82, 2.24) is 0 Å². The first-order valence-corrected chi connectivity index (χ1v) is 9.59. The molecule has 0 heterocycles. The minimum atomic E-state index is -1.04. The van der Waals surface area contributed by atoms with Gasteiger partial charge in [0.25, 0.3) is 0 Å². The van der Waals surface area contributed by atoms with Crippen LogP contribution in [0.15, 0.2) is 60.7 Å². The van der Waals surface area contributed by atoms with E-state index in [9.17, 15) is 20.0 Å².